The third-order valence-corrected chi connectivity index (χ3v) is 2.88. The SMILES string of the molecule is CCC1CC(N)c2cc(OC)ccc2O1. The van der Waals surface area contributed by atoms with Gasteiger partial charge in [0.05, 0.1) is 7.11 Å². The number of methoxy groups -OCH3 is 1. The summed E-state index contributed by atoms with van der Waals surface area (Å²) in [5, 5.41) is 0. The molecule has 0 saturated carbocycles. The largest absolute Gasteiger partial charge is 0.497 e. The number of rotatable bonds is 2. The Hall–Kier alpha value is -1.22. The normalized spacial score (nSPS) is 24.2. The van der Waals surface area contributed by atoms with Crippen molar-refractivity contribution in [2.75, 3.05) is 7.11 Å². The second kappa shape index (κ2) is 4.11. The van der Waals surface area contributed by atoms with E-state index in [1.165, 1.54) is 0 Å². The van der Waals surface area contributed by atoms with E-state index in [-0.39, 0.29) is 12.1 Å². The molecule has 2 rings (SSSR count). The topological polar surface area (TPSA) is 44.5 Å². The van der Waals surface area contributed by atoms with Crippen LogP contribution in [0.15, 0.2) is 18.2 Å². The number of hydrogen-bond acceptors (Lipinski definition) is 3. The molecule has 1 heterocycles. The lowest BCUT2D eigenvalue weighted by Crippen LogP contribution is -2.28. The van der Waals surface area contributed by atoms with Crippen LogP contribution in [0, 0.1) is 0 Å². The fourth-order valence-electron chi connectivity index (χ4n) is 1.94. The Bertz CT molecular complexity index is 351. The summed E-state index contributed by atoms with van der Waals surface area (Å²) in [5.74, 6) is 1.74. The lowest BCUT2D eigenvalue weighted by atomic mass is 9.96. The molecule has 1 aliphatic rings. The maximum atomic E-state index is 6.10. The van der Waals surface area contributed by atoms with Gasteiger partial charge in [-0.25, -0.2) is 0 Å². The van der Waals surface area contributed by atoms with Crippen LogP contribution in [0.4, 0.5) is 0 Å². The highest BCUT2D eigenvalue weighted by Crippen LogP contribution is 2.36. The van der Waals surface area contributed by atoms with E-state index in [0.717, 1.165) is 29.9 Å². The van der Waals surface area contributed by atoms with Crippen LogP contribution in [0.2, 0.25) is 0 Å². The number of fused-ring (bicyclic) bond motifs is 1. The van der Waals surface area contributed by atoms with Crippen LogP contribution in [0.3, 0.4) is 0 Å². The number of benzene rings is 1. The average Bonchev–Trinajstić information content (AvgIpc) is 2.28. The molecule has 3 nitrogen and oxygen atoms in total. The Labute approximate surface area is 90.2 Å². The van der Waals surface area contributed by atoms with Crippen molar-refractivity contribution in [2.45, 2.75) is 31.9 Å². The highest BCUT2D eigenvalue weighted by molar-refractivity contribution is 5.43. The molecule has 0 aliphatic carbocycles. The predicted octanol–water partition coefficient (Wildman–Crippen LogP) is 2.26. The number of hydrogen-bond donors (Lipinski definition) is 1. The molecule has 3 heteroatoms. The van der Waals surface area contributed by atoms with E-state index in [0.29, 0.717) is 0 Å². The van der Waals surface area contributed by atoms with E-state index in [4.69, 9.17) is 15.2 Å². The fourth-order valence-corrected chi connectivity index (χ4v) is 1.94. The molecule has 0 fully saturated rings. The van der Waals surface area contributed by atoms with Crippen LogP contribution >= 0.6 is 0 Å². The molecule has 1 aromatic carbocycles. The third-order valence-electron chi connectivity index (χ3n) is 2.88. The van der Waals surface area contributed by atoms with E-state index in [1.807, 2.05) is 18.2 Å². The van der Waals surface area contributed by atoms with Crippen LogP contribution in [0.1, 0.15) is 31.4 Å². The minimum Gasteiger partial charge on any atom is -0.497 e. The lowest BCUT2D eigenvalue weighted by molar-refractivity contribution is 0.155. The van der Waals surface area contributed by atoms with Gasteiger partial charge >= 0.3 is 0 Å². The summed E-state index contributed by atoms with van der Waals surface area (Å²) >= 11 is 0. The zero-order valence-corrected chi connectivity index (χ0v) is 9.19. The second-order valence-electron chi connectivity index (χ2n) is 3.89. The van der Waals surface area contributed by atoms with Gasteiger partial charge in [0.1, 0.15) is 17.6 Å². The van der Waals surface area contributed by atoms with Gasteiger partial charge in [0.25, 0.3) is 0 Å². The fraction of sp³-hybridized carbons (Fsp3) is 0.500. The Morgan fingerprint density at radius 1 is 1.53 bits per heavy atom. The van der Waals surface area contributed by atoms with Crippen molar-refractivity contribution >= 4 is 0 Å². The van der Waals surface area contributed by atoms with Crippen molar-refractivity contribution in [3.05, 3.63) is 23.8 Å². The van der Waals surface area contributed by atoms with Crippen molar-refractivity contribution in [1.82, 2.24) is 0 Å². The molecule has 0 radical (unpaired) electrons. The number of ether oxygens (including phenoxy) is 2. The molecule has 2 atom stereocenters. The van der Waals surface area contributed by atoms with Crippen molar-refractivity contribution in [3.63, 3.8) is 0 Å². The molecule has 0 bridgehead atoms. The van der Waals surface area contributed by atoms with Gasteiger partial charge in [-0.2, -0.15) is 0 Å². The molecule has 2 N–H and O–H groups in total. The minimum absolute atomic E-state index is 0.0637. The number of nitrogens with two attached hydrogens (primary N) is 1. The summed E-state index contributed by atoms with van der Waals surface area (Å²) in [6, 6.07) is 5.87. The van der Waals surface area contributed by atoms with E-state index in [1.54, 1.807) is 7.11 Å². The van der Waals surface area contributed by atoms with Gasteiger partial charge in [-0.15, -0.1) is 0 Å². The molecule has 82 valence electrons. The van der Waals surface area contributed by atoms with Crippen molar-refractivity contribution in [3.8, 4) is 11.5 Å². The van der Waals surface area contributed by atoms with E-state index >= 15 is 0 Å². The van der Waals surface area contributed by atoms with Gasteiger partial charge in [0.2, 0.25) is 0 Å². The first-order valence-electron chi connectivity index (χ1n) is 5.34. The zero-order chi connectivity index (χ0) is 10.8. The molecule has 0 spiro atoms. The molecule has 0 aromatic heterocycles. The van der Waals surface area contributed by atoms with Crippen molar-refractivity contribution in [2.24, 2.45) is 5.73 Å². The standard InChI is InChI=1S/C12H17NO2/c1-3-8-7-11(13)10-6-9(14-2)4-5-12(10)15-8/h4-6,8,11H,3,7,13H2,1-2H3. The third kappa shape index (κ3) is 1.92. The maximum absolute atomic E-state index is 6.10. The highest BCUT2D eigenvalue weighted by atomic mass is 16.5. The van der Waals surface area contributed by atoms with Gasteiger partial charge in [-0.1, -0.05) is 6.92 Å². The Kier molecular flexibility index (Phi) is 2.82. The van der Waals surface area contributed by atoms with Gasteiger partial charge in [-0.3, -0.25) is 0 Å². The van der Waals surface area contributed by atoms with Gasteiger partial charge in [-0.05, 0) is 24.6 Å². The summed E-state index contributed by atoms with van der Waals surface area (Å²) in [6.45, 7) is 2.12. The monoisotopic (exact) mass is 207 g/mol. The Balaban J connectivity index is 2.32. The molecule has 1 aromatic rings. The molecule has 2 unspecified atom stereocenters. The van der Waals surface area contributed by atoms with Crippen LogP contribution in [-0.2, 0) is 0 Å². The molecule has 15 heavy (non-hydrogen) atoms. The molecular formula is C12H17NO2. The first kappa shape index (κ1) is 10.3. The maximum Gasteiger partial charge on any atom is 0.124 e. The van der Waals surface area contributed by atoms with Gasteiger partial charge in [0.15, 0.2) is 0 Å². The van der Waals surface area contributed by atoms with Crippen molar-refractivity contribution < 1.29 is 9.47 Å². The second-order valence-corrected chi connectivity index (χ2v) is 3.89. The smallest absolute Gasteiger partial charge is 0.124 e. The quantitative estimate of drug-likeness (QED) is 0.809. The van der Waals surface area contributed by atoms with E-state index in [2.05, 4.69) is 6.92 Å². The summed E-state index contributed by atoms with van der Waals surface area (Å²) in [6.07, 6.45) is 2.14. The van der Waals surface area contributed by atoms with Crippen LogP contribution in [-0.4, -0.2) is 13.2 Å². The molecule has 1 aliphatic heterocycles. The summed E-state index contributed by atoms with van der Waals surface area (Å²) in [4.78, 5) is 0. The summed E-state index contributed by atoms with van der Waals surface area (Å²) < 4.78 is 11.0. The van der Waals surface area contributed by atoms with Crippen LogP contribution in [0.25, 0.3) is 0 Å². The van der Waals surface area contributed by atoms with Gasteiger partial charge < -0.3 is 15.2 Å². The molecule has 0 saturated heterocycles. The Morgan fingerprint density at radius 2 is 2.33 bits per heavy atom. The van der Waals surface area contributed by atoms with Crippen molar-refractivity contribution in [1.29, 1.82) is 0 Å². The lowest BCUT2D eigenvalue weighted by Gasteiger charge is -2.29. The predicted molar refractivity (Wildman–Crippen MR) is 59.2 cm³/mol. The minimum atomic E-state index is 0.0637. The van der Waals surface area contributed by atoms with Crippen LogP contribution < -0.4 is 15.2 Å². The average molecular weight is 207 g/mol. The van der Waals surface area contributed by atoms with E-state index in [9.17, 15) is 0 Å². The first-order valence-corrected chi connectivity index (χ1v) is 5.34. The summed E-state index contributed by atoms with van der Waals surface area (Å²) in [7, 11) is 1.66. The summed E-state index contributed by atoms with van der Waals surface area (Å²) in [5.41, 5.74) is 7.16. The van der Waals surface area contributed by atoms with E-state index < -0.39 is 0 Å². The molecular weight excluding hydrogens is 190 g/mol. The molecule has 0 amide bonds. The Morgan fingerprint density at radius 3 is 3.00 bits per heavy atom. The highest BCUT2D eigenvalue weighted by Gasteiger charge is 2.24. The first-order chi connectivity index (χ1) is 7.24. The zero-order valence-electron chi connectivity index (χ0n) is 9.19. The van der Waals surface area contributed by atoms with Gasteiger partial charge in [0, 0.05) is 18.0 Å². The van der Waals surface area contributed by atoms with Crippen LogP contribution in [0.5, 0.6) is 11.5 Å².